The quantitative estimate of drug-likeness (QED) is 0.791. The van der Waals surface area contributed by atoms with Gasteiger partial charge in [-0.1, -0.05) is 35.5 Å². The molecule has 110 valence electrons. The van der Waals surface area contributed by atoms with E-state index in [1.165, 1.54) is 4.90 Å². The summed E-state index contributed by atoms with van der Waals surface area (Å²) < 4.78 is 16.3. The Morgan fingerprint density at radius 1 is 1.14 bits per heavy atom. The van der Waals surface area contributed by atoms with Crippen LogP contribution in [-0.4, -0.2) is 32.0 Å². The van der Waals surface area contributed by atoms with Crippen molar-refractivity contribution in [3.05, 3.63) is 47.5 Å². The molecule has 3 rings (SSSR count). The van der Waals surface area contributed by atoms with Gasteiger partial charge in [0.05, 0.1) is 11.4 Å². The summed E-state index contributed by atoms with van der Waals surface area (Å²) in [6.07, 6.45) is 0.408. The van der Waals surface area contributed by atoms with Crippen LogP contribution in [0.25, 0.3) is 0 Å². The maximum atomic E-state index is 8.14. The zero-order valence-corrected chi connectivity index (χ0v) is 13.7. The van der Waals surface area contributed by atoms with E-state index in [1.807, 2.05) is 30.3 Å². The first-order valence-electron chi connectivity index (χ1n) is 7.90. The van der Waals surface area contributed by atoms with Crippen molar-refractivity contribution in [2.24, 2.45) is 0 Å². The van der Waals surface area contributed by atoms with Gasteiger partial charge in [0.15, 0.2) is 0 Å². The van der Waals surface area contributed by atoms with Crippen molar-refractivity contribution >= 4 is 34.7 Å². The number of rotatable bonds is 4. The van der Waals surface area contributed by atoms with Gasteiger partial charge < -0.3 is 9.80 Å². The van der Waals surface area contributed by atoms with E-state index in [2.05, 4.69) is 17.0 Å². The van der Waals surface area contributed by atoms with Crippen LogP contribution < -0.4 is 4.90 Å². The maximum absolute atomic E-state index is 8.14. The lowest BCUT2D eigenvalue weighted by Crippen LogP contribution is -2.25. The first-order valence-corrected chi connectivity index (χ1v) is 8.09. The van der Waals surface area contributed by atoms with Crippen LogP contribution in [0.4, 0.5) is 11.4 Å². The SMILES string of the molecule is [2H]C([2H])(CCN1c2ccccc2Sc2ccc(Cl)cc21)N(C)C. The third kappa shape index (κ3) is 3.20. The van der Waals surface area contributed by atoms with Crippen LogP contribution in [0.15, 0.2) is 52.3 Å². The predicted octanol–water partition coefficient (Wildman–Crippen LogP) is 4.89. The molecule has 0 saturated carbocycles. The zero-order valence-electron chi connectivity index (χ0n) is 14.1. The van der Waals surface area contributed by atoms with Gasteiger partial charge in [-0.3, -0.25) is 0 Å². The van der Waals surface area contributed by atoms with Crippen LogP contribution in [0, 0.1) is 0 Å². The highest BCUT2D eigenvalue weighted by molar-refractivity contribution is 7.99. The number of halogens is 1. The summed E-state index contributed by atoms with van der Waals surface area (Å²) in [4.78, 5) is 6.14. The topological polar surface area (TPSA) is 6.48 Å². The average Bonchev–Trinajstić information content (AvgIpc) is 2.51. The number of hydrogen-bond acceptors (Lipinski definition) is 3. The molecule has 0 aromatic heterocycles. The largest absolute Gasteiger partial charge is 0.340 e. The number of para-hydroxylation sites is 1. The molecule has 1 heterocycles. The predicted molar refractivity (Wildman–Crippen MR) is 92.2 cm³/mol. The minimum atomic E-state index is -1.35. The molecule has 4 heteroatoms. The van der Waals surface area contributed by atoms with Crippen molar-refractivity contribution in [1.29, 1.82) is 0 Å². The minimum Gasteiger partial charge on any atom is -0.340 e. The van der Waals surface area contributed by atoms with Gasteiger partial charge in [-0.05, 0) is 57.3 Å². The van der Waals surface area contributed by atoms with Crippen molar-refractivity contribution < 1.29 is 2.74 Å². The molecule has 0 amide bonds. The summed E-state index contributed by atoms with van der Waals surface area (Å²) in [5.41, 5.74) is 2.16. The highest BCUT2D eigenvalue weighted by atomic mass is 35.5. The van der Waals surface area contributed by atoms with Crippen molar-refractivity contribution in [2.75, 3.05) is 32.0 Å². The Balaban J connectivity index is 1.97. The molecule has 0 radical (unpaired) electrons. The van der Waals surface area contributed by atoms with E-state index in [0.29, 0.717) is 18.0 Å². The molecule has 2 aromatic rings. The van der Waals surface area contributed by atoms with Gasteiger partial charge in [-0.25, -0.2) is 0 Å². The summed E-state index contributed by atoms with van der Waals surface area (Å²) in [7, 11) is 3.54. The summed E-state index contributed by atoms with van der Waals surface area (Å²) in [5.74, 6) is 0. The van der Waals surface area contributed by atoms with E-state index in [0.717, 1.165) is 16.3 Å². The van der Waals surface area contributed by atoms with E-state index < -0.39 is 6.50 Å². The Morgan fingerprint density at radius 3 is 2.71 bits per heavy atom. The molecule has 0 fully saturated rings. The van der Waals surface area contributed by atoms with Gasteiger partial charge >= 0.3 is 0 Å². The normalized spacial score (nSPS) is 15.3. The van der Waals surface area contributed by atoms with E-state index in [-0.39, 0.29) is 0 Å². The molecule has 0 N–H and O–H groups in total. The zero-order chi connectivity index (χ0) is 16.6. The minimum absolute atomic E-state index is 0.408. The van der Waals surface area contributed by atoms with E-state index in [4.69, 9.17) is 14.3 Å². The lowest BCUT2D eigenvalue weighted by molar-refractivity contribution is 0.402. The molecular weight excluding hydrogens is 300 g/mol. The van der Waals surface area contributed by atoms with Crippen molar-refractivity contribution in [1.82, 2.24) is 4.90 Å². The Bertz CT molecular complexity index is 721. The van der Waals surface area contributed by atoms with Crippen LogP contribution in [0.2, 0.25) is 5.02 Å². The number of fused-ring (bicyclic) bond motifs is 2. The molecule has 0 unspecified atom stereocenters. The van der Waals surface area contributed by atoms with Crippen LogP contribution in [-0.2, 0) is 0 Å². The highest BCUT2D eigenvalue weighted by Gasteiger charge is 2.22. The third-order valence-electron chi connectivity index (χ3n) is 3.35. The molecule has 2 nitrogen and oxygen atoms in total. The summed E-state index contributed by atoms with van der Waals surface area (Å²) in [6.45, 7) is -0.756. The average molecular weight is 321 g/mol. The number of benzene rings is 2. The number of nitrogens with zero attached hydrogens (tertiary/aromatic N) is 2. The molecule has 0 spiro atoms. The van der Waals surface area contributed by atoms with E-state index in [1.54, 1.807) is 30.8 Å². The molecular formula is C17H19ClN2S. The van der Waals surface area contributed by atoms with E-state index in [9.17, 15) is 0 Å². The molecule has 1 aliphatic heterocycles. The smallest absolute Gasteiger partial charge is 0.0567 e. The first kappa shape index (κ1) is 12.4. The van der Waals surface area contributed by atoms with Crippen LogP contribution in [0.5, 0.6) is 0 Å². The Hall–Kier alpha value is -1.16. The van der Waals surface area contributed by atoms with Gasteiger partial charge in [-0.15, -0.1) is 0 Å². The van der Waals surface area contributed by atoms with Gasteiger partial charge in [0.25, 0.3) is 0 Å². The lowest BCUT2D eigenvalue weighted by Gasteiger charge is -2.33. The Morgan fingerprint density at radius 2 is 1.90 bits per heavy atom. The second kappa shape index (κ2) is 6.30. The van der Waals surface area contributed by atoms with Crippen LogP contribution in [0.3, 0.4) is 0 Å². The molecule has 0 saturated heterocycles. The van der Waals surface area contributed by atoms with Gasteiger partial charge in [-0.2, -0.15) is 0 Å². The van der Waals surface area contributed by atoms with Crippen molar-refractivity contribution in [3.8, 4) is 0 Å². The second-order valence-corrected chi connectivity index (χ2v) is 6.66. The Kier molecular flexibility index (Phi) is 3.72. The third-order valence-corrected chi connectivity index (χ3v) is 4.72. The Labute approximate surface area is 138 Å². The molecule has 0 atom stereocenters. The standard InChI is InChI=1S/C17H19ClN2S/c1-19(2)10-5-11-20-14-6-3-4-7-16(14)21-17-9-8-13(18)12-15(17)20/h3-4,6-9,12H,5,10-11H2,1-2H3/i10D2. The maximum Gasteiger partial charge on any atom is 0.0567 e. The molecule has 0 aliphatic carbocycles. The summed E-state index contributed by atoms with van der Waals surface area (Å²) in [5, 5.41) is 0.698. The fraction of sp³-hybridized carbons (Fsp3) is 0.294. The summed E-state index contributed by atoms with van der Waals surface area (Å²) >= 11 is 7.92. The van der Waals surface area contributed by atoms with Crippen molar-refractivity contribution in [3.63, 3.8) is 0 Å². The molecule has 2 aromatic carbocycles. The summed E-state index contributed by atoms with van der Waals surface area (Å²) in [6, 6.07) is 14.1. The lowest BCUT2D eigenvalue weighted by atomic mass is 10.2. The van der Waals surface area contributed by atoms with Gasteiger partial charge in [0.2, 0.25) is 0 Å². The molecule has 1 aliphatic rings. The first-order chi connectivity index (χ1) is 10.9. The monoisotopic (exact) mass is 320 g/mol. The van der Waals surface area contributed by atoms with Crippen LogP contribution in [0.1, 0.15) is 9.16 Å². The number of hydrogen-bond donors (Lipinski definition) is 0. The highest BCUT2D eigenvalue weighted by Crippen LogP contribution is 2.48. The number of anilines is 2. The molecule has 21 heavy (non-hydrogen) atoms. The second-order valence-electron chi connectivity index (χ2n) is 5.14. The fourth-order valence-corrected chi connectivity index (χ4v) is 3.67. The molecule has 0 bridgehead atoms. The van der Waals surface area contributed by atoms with Gasteiger partial charge in [0, 0.05) is 24.1 Å². The van der Waals surface area contributed by atoms with Crippen molar-refractivity contribution in [2.45, 2.75) is 16.2 Å². The van der Waals surface area contributed by atoms with Crippen LogP contribution >= 0.6 is 23.4 Å². The van der Waals surface area contributed by atoms with Gasteiger partial charge in [0.1, 0.15) is 0 Å². The van der Waals surface area contributed by atoms with E-state index >= 15 is 0 Å². The fourth-order valence-electron chi connectivity index (χ4n) is 2.43.